The molecule has 1 aromatic carbocycles. The summed E-state index contributed by atoms with van der Waals surface area (Å²) in [6.07, 6.45) is 4.04. The molecule has 3 rings (SSSR count). The van der Waals surface area contributed by atoms with Gasteiger partial charge in [-0.1, -0.05) is 12.1 Å². The minimum atomic E-state index is -0.750. The highest BCUT2D eigenvalue weighted by molar-refractivity contribution is 5.88. The van der Waals surface area contributed by atoms with Crippen molar-refractivity contribution in [2.75, 3.05) is 0 Å². The quantitative estimate of drug-likeness (QED) is 0.899. The Kier molecular flexibility index (Phi) is 3.90. The normalized spacial score (nSPS) is 23.1. The van der Waals surface area contributed by atoms with Crippen LogP contribution in [0.15, 0.2) is 24.3 Å². The summed E-state index contributed by atoms with van der Waals surface area (Å²) < 4.78 is 13.1. The van der Waals surface area contributed by atoms with Gasteiger partial charge in [0.05, 0.1) is 17.0 Å². The molecule has 1 aromatic rings. The van der Waals surface area contributed by atoms with Crippen molar-refractivity contribution < 1.29 is 14.0 Å². The number of amides is 2. The van der Waals surface area contributed by atoms with Gasteiger partial charge >= 0.3 is 0 Å². The highest BCUT2D eigenvalue weighted by Gasteiger charge is 2.49. The van der Waals surface area contributed by atoms with E-state index < -0.39 is 5.41 Å². The van der Waals surface area contributed by atoms with Crippen LogP contribution < -0.4 is 10.6 Å². The monoisotopic (exact) mass is 318 g/mol. The SMILES string of the molecule is CC(C)(C(=O)NC1CCC(=O)NC12CCC2)c1ccc(F)cc1. The molecule has 0 bridgehead atoms. The molecule has 0 aromatic heterocycles. The number of hydrogen-bond acceptors (Lipinski definition) is 2. The zero-order valence-electron chi connectivity index (χ0n) is 13.6. The van der Waals surface area contributed by atoms with Gasteiger partial charge in [0.2, 0.25) is 11.8 Å². The molecular weight excluding hydrogens is 295 g/mol. The number of hydrogen-bond donors (Lipinski definition) is 2. The number of piperidine rings is 1. The van der Waals surface area contributed by atoms with Gasteiger partial charge in [-0.15, -0.1) is 0 Å². The van der Waals surface area contributed by atoms with Crippen LogP contribution in [0.4, 0.5) is 4.39 Å². The molecule has 1 unspecified atom stereocenters. The van der Waals surface area contributed by atoms with Crippen LogP contribution in [0.3, 0.4) is 0 Å². The number of benzene rings is 1. The van der Waals surface area contributed by atoms with Crippen LogP contribution in [0.1, 0.15) is 51.5 Å². The number of halogens is 1. The topological polar surface area (TPSA) is 58.2 Å². The van der Waals surface area contributed by atoms with Gasteiger partial charge in [0.15, 0.2) is 0 Å². The van der Waals surface area contributed by atoms with Gasteiger partial charge in [-0.25, -0.2) is 4.39 Å². The lowest BCUT2D eigenvalue weighted by atomic mass is 9.68. The maximum absolute atomic E-state index is 13.1. The van der Waals surface area contributed by atoms with E-state index in [1.807, 2.05) is 13.8 Å². The summed E-state index contributed by atoms with van der Waals surface area (Å²) in [6, 6.07) is 6.02. The van der Waals surface area contributed by atoms with E-state index in [2.05, 4.69) is 10.6 Å². The average Bonchev–Trinajstić information content (AvgIpc) is 2.47. The lowest BCUT2D eigenvalue weighted by Crippen LogP contribution is -2.69. The molecule has 2 fully saturated rings. The van der Waals surface area contributed by atoms with Crippen LogP contribution in [-0.4, -0.2) is 23.4 Å². The van der Waals surface area contributed by atoms with E-state index in [9.17, 15) is 14.0 Å². The first-order valence-corrected chi connectivity index (χ1v) is 8.21. The van der Waals surface area contributed by atoms with E-state index in [4.69, 9.17) is 0 Å². The number of carbonyl (C=O) groups excluding carboxylic acids is 2. The molecule has 2 aliphatic rings. The first-order chi connectivity index (χ1) is 10.8. The molecule has 1 aliphatic carbocycles. The van der Waals surface area contributed by atoms with Gasteiger partial charge in [0.1, 0.15) is 5.82 Å². The Bertz CT molecular complexity index is 620. The second-order valence-electron chi connectivity index (χ2n) is 7.25. The summed E-state index contributed by atoms with van der Waals surface area (Å²) in [5.74, 6) is -0.321. The van der Waals surface area contributed by atoms with Crippen LogP contribution >= 0.6 is 0 Å². The highest BCUT2D eigenvalue weighted by atomic mass is 19.1. The average molecular weight is 318 g/mol. The van der Waals surface area contributed by atoms with Crippen molar-refractivity contribution in [1.82, 2.24) is 10.6 Å². The Labute approximate surface area is 135 Å². The zero-order valence-corrected chi connectivity index (χ0v) is 13.6. The molecule has 1 spiro atoms. The second-order valence-corrected chi connectivity index (χ2v) is 7.25. The van der Waals surface area contributed by atoms with Gasteiger partial charge in [0, 0.05) is 6.42 Å². The van der Waals surface area contributed by atoms with Gasteiger partial charge in [-0.05, 0) is 57.2 Å². The Morgan fingerprint density at radius 1 is 1.30 bits per heavy atom. The summed E-state index contributed by atoms with van der Waals surface area (Å²) in [5.41, 5.74) is -0.233. The number of carbonyl (C=O) groups is 2. The van der Waals surface area contributed by atoms with Crippen molar-refractivity contribution in [3.63, 3.8) is 0 Å². The smallest absolute Gasteiger partial charge is 0.230 e. The largest absolute Gasteiger partial charge is 0.350 e. The first kappa shape index (κ1) is 16.0. The van der Waals surface area contributed by atoms with Crippen molar-refractivity contribution >= 4 is 11.8 Å². The van der Waals surface area contributed by atoms with Crippen LogP contribution in [0, 0.1) is 5.82 Å². The zero-order chi connectivity index (χ0) is 16.7. The summed E-state index contributed by atoms with van der Waals surface area (Å²) in [4.78, 5) is 24.5. The summed E-state index contributed by atoms with van der Waals surface area (Å²) in [5, 5.41) is 6.22. The highest BCUT2D eigenvalue weighted by Crippen LogP contribution is 2.39. The van der Waals surface area contributed by atoms with Crippen molar-refractivity contribution in [2.45, 2.75) is 62.9 Å². The van der Waals surface area contributed by atoms with Crippen LogP contribution in [0.2, 0.25) is 0 Å². The van der Waals surface area contributed by atoms with Crippen molar-refractivity contribution in [3.8, 4) is 0 Å². The second kappa shape index (κ2) is 5.62. The summed E-state index contributed by atoms with van der Waals surface area (Å²) >= 11 is 0. The van der Waals surface area contributed by atoms with Gasteiger partial charge in [-0.3, -0.25) is 9.59 Å². The van der Waals surface area contributed by atoms with E-state index in [-0.39, 0.29) is 29.2 Å². The molecule has 124 valence electrons. The molecule has 4 nitrogen and oxygen atoms in total. The predicted octanol–water partition coefficient (Wildman–Crippen LogP) is 2.42. The van der Waals surface area contributed by atoms with Gasteiger partial charge < -0.3 is 10.6 Å². The van der Waals surface area contributed by atoms with Crippen LogP contribution in [0.5, 0.6) is 0 Å². The lowest BCUT2D eigenvalue weighted by Gasteiger charge is -2.51. The van der Waals surface area contributed by atoms with E-state index in [1.165, 1.54) is 12.1 Å². The van der Waals surface area contributed by atoms with E-state index >= 15 is 0 Å². The molecule has 1 saturated heterocycles. The van der Waals surface area contributed by atoms with Crippen LogP contribution in [-0.2, 0) is 15.0 Å². The third-order valence-electron chi connectivity index (χ3n) is 5.40. The molecule has 1 atom stereocenters. The summed E-state index contributed by atoms with van der Waals surface area (Å²) in [7, 11) is 0. The minimum absolute atomic E-state index is 0.0267. The van der Waals surface area contributed by atoms with E-state index in [0.717, 1.165) is 24.8 Å². The van der Waals surface area contributed by atoms with E-state index in [1.54, 1.807) is 12.1 Å². The number of nitrogens with one attached hydrogen (secondary N) is 2. The Hall–Kier alpha value is -1.91. The molecule has 2 N–H and O–H groups in total. The Morgan fingerprint density at radius 2 is 1.96 bits per heavy atom. The standard InChI is InChI=1S/C18H23FN2O2/c1-17(2,12-4-6-13(19)7-5-12)16(23)20-14-8-9-15(22)21-18(14)10-3-11-18/h4-7,14H,3,8-11H2,1-2H3,(H,20,23)(H,21,22). The molecule has 1 heterocycles. The summed E-state index contributed by atoms with van der Waals surface area (Å²) in [6.45, 7) is 3.68. The fourth-order valence-corrected chi connectivity index (χ4v) is 3.56. The van der Waals surface area contributed by atoms with Gasteiger partial charge in [-0.2, -0.15) is 0 Å². The third kappa shape index (κ3) is 2.84. The Morgan fingerprint density at radius 3 is 2.52 bits per heavy atom. The maximum atomic E-state index is 13.1. The van der Waals surface area contributed by atoms with Crippen molar-refractivity contribution in [1.29, 1.82) is 0 Å². The molecule has 23 heavy (non-hydrogen) atoms. The van der Waals surface area contributed by atoms with E-state index in [0.29, 0.717) is 12.8 Å². The fourth-order valence-electron chi connectivity index (χ4n) is 3.56. The predicted molar refractivity (Wildman–Crippen MR) is 85.3 cm³/mol. The molecule has 0 radical (unpaired) electrons. The third-order valence-corrected chi connectivity index (χ3v) is 5.40. The molecular formula is C18H23FN2O2. The van der Waals surface area contributed by atoms with Crippen molar-refractivity contribution in [2.24, 2.45) is 0 Å². The Balaban J connectivity index is 1.75. The maximum Gasteiger partial charge on any atom is 0.230 e. The fraction of sp³-hybridized carbons (Fsp3) is 0.556. The van der Waals surface area contributed by atoms with Crippen molar-refractivity contribution in [3.05, 3.63) is 35.6 Å². The van der Waals surface area contributed by atoms with Gasteiger partial charge in [0.25, 0.3) is 0 Å². The molecule has 2 amide bonds. The lowest BCUT2D eigenvalue weighted by molar-refractivity contribution is -0.133. The first-order valence-electron chi connectivity index (χ1n) is 8.21. The minimum Gasteiger partial charge on any atom is -0.350 e. The molecule has 1 saturated carbocycles. The number of rotatable bonds is 3. The molecule has 5 heteroatoms. The molecule has 1 aliphatic heterocycles. The van der Waals surface area contributed by atoms with Crippen LogP contribution in [0.25, 0.3) is 0 Å².